The lowest BCUT2D eigenvalue weighted by atomic mass is 9.87. The van der Waals surface area contributed by atoms with Gasteiger partial charge in [0.05, 0.1) is 0 Å². The molecule has 1 aliphatic heterocycles. The highest BCUT2D eigenvalue weighted by Crippen LogP contribution is 2.26. The lowest BCUT2D eigenvalue weighted by molar-refractivity contribution is -0.117. The molecule has 24 heavy (non-hydrogen) atoms. The number of nitrogens with one attached hydrogen (secondary N) is 1. The molecule has 0 spiro atoms. The smallest absolute Gasteiger partial charge is 0.224 e. The van der Waals surface area contributed by atoms with Gasteiger partial charge in [0.1, 0.15) is 0 Å². The molecule has 2 fully saturated rings. The molecule has 1 saturated carbocycles. The summed E-state index contributed by atoms with van der Waals surface area (Å²) in [4.78, 5) is 14.7. The van der Waals surface area contributed by atoms with Gasteiger partial charge in [0.15, 0.2) is 0 Å². The topological polar surface area (TPSA) is 32.3 Å². The largest absolute Gasteiger partial charge is 0.326 e. The predicted octanol–water partition coefficient (Wildman–Crippen LogP) is 4.83. The number of likely N-dealkylation sites (tertiary alicyclic amines) is 1. The van der Waals surface area contributed by atoms with Gasteiger partial charge >= 0.3 is 0 Å². The van der Waals surface area contributed by atoms with Crippen molar-refractivity contribution in [1.82, 2.24) is 4.90 Å². The van der Waals surface area contributed by atoms with Crippen LogP contribution in [0.4, 0.5) is 5.69 Å². The zero-order valence-corrected chi connectivity index (χ0v) is 15.1. The monoisotopic (exact) mass is 328 g/mol. The molecule has 0 unspecified atom stereocenters. The van der Waals surface area contributed by atoms with Gasteiger partial charge in [-0.1, -0.05) is 38.3 Å². The normalized spacial score (nSPS) is 20.9. The molecule has 0 bridgehead atoms. The average Bonchev–Trinajstić information content (AvgIpc) is 2.59. The van der Waals surface area contributed by atoms with Crippen molar-refractivity contribution >= 4 is 11.6 Å². The van der Waals surface area contributed by atoms with Crippen molar-refractivity contribution in [3.63, 3.8) is 0 Å². The highest BCUT2D eigenvalue weighted by atomic mass is 16.1. The number of nitrogens with zero attached hydrogens (tertiary/aromatic N) is 1. The first kappa shape index (κ1) is 17.5. The standard InChI is InChI=1S/C21H32N2O/c1-17-11-13-23(14-12-17)16-19-7-9-20(10-8-19)22-21(24)15-18-5-3-2-4-6-18/h7-10,17-18H,2-6,11-16H2,1H3,(H,22,24). The lowest BCUT2D eigenvalue weighted by Crippen LogP contribution is -2.32. The fraction of sp³-hybridized carbons (Fsp3) is 0.667. The highest BCUT2D eigenvalue weighted by Gasteiger charge is 2.17. The summed E-state index contributed by atoms with van der Waals surface area (Å²) in [7, 11) is 0. The van der Waals surface area contributed by atoms with Gasteiger partial charge in [0.25, 0.3) is 0 Å². The van der Waals surface area contributed by atoms with Crippen molar-refractivity contribution in [3.8, 4) is 0 Å². The van der Waals surface area contributed by atoms with Gasteiger partial charge in [0.2, 0.25) is 5.91 Å². The second-order valence-corrected chi connectivity index (χ2v) is 7.91. The van der Waals surface area contributed by atoms with Crippen LogP contribution in [0.5, 0.6) is 0 Å². The van der Waals surface area contributed by atoms with Gasteiger partial charge in [0, 0.05) is 18.7 Å². The molecule has 3 nitrogen and oxygen atoms in total. The molecule has 2 aliphatic rings. The maximum absolute atomic E-state index is 12.2. The average molecular weight is 329 g/mol. The van der Waals surface area contributed by atoms with Gasteiger partial charge in [-0.3, -0.25) is 9.69 Å². The summed E-state index contributed by atoms with van der Waals surface area (Å²) < 4.78 is 0. The Kier molecular flexibility index (Phi) is 6.30. The summed E-state index contributed by atoms with van der Waals surface area (Å²) >= 11 is 0. The van der Waals surface area contributed by atoms with E-state index in [1.807, 2.05) is 0 Å². The molecule has 1 aromatic carbocycles. The van der Waals surface area contributed by atoms with E-state index in [4.69, 9.17) is 0 Å². The summed E-state index contributed by atoms with van der Waals surface area (Å²) in [5.74, 6) is 1.65. The number of hydrogen-bond acceptors (Lipinski definition) is 2. The van der Waals surface area contributed by atoms with E-state index < -0.39 is 0 Å². The van der Waals surface area contributed by atoms with E-state index in [2.05, 4.69) is 41.4 Å². The Morgan fingerprint density at radius 1 is 1.04 bits per heavy atom. The van der Waals surface area contributed by atoms with Gasteiger partial charge in [-0.15, -0.1) is 0 Å². The van der Waals surface area contributed by atoms with Crippen LogP contribution >= 0.6 is 0 Å². The number of piperidine rings is 1. The molecule has 1 heterocycles. The van der Waals surface area contributed by atoms with Crippen LogP contribution in [0.25, 0.3) is 0 Å². The number of anilines is 1. The van der Waals surface area contributed by atoms with E-state index in [0.717, 1.165) is 18.2 Å². The lowest BCUT2D eigenvalue weighted by Gasteiger charge is -2.30. The highest BCUT2D eigenvalue weighted by molar-refractivity contribution is 5.90. The minimum Gasteiger partial charge on any atom is -0.326 e. The Morgan fingerprint density at radius 3 is 2.38 bits per heavy atom. The van der Waals surface area contributed by atoms with Crippen LogP contribution in [0.3, 0.4) is 0 Å². The van der Waals surface area contributed by atoms with Crippen LogP contribution in [0, 0.1) is 11.8 Å². The Morgan fingerprint density at radius 2 is 1.71 bits per heavy atom. The molecule has 3 heteroatoms. The van der Waals surface area contributed by atoms with Gasteiger partial charge in [-0.05, 0) is 68.3 Å². The van der Waals surface area contributed by atoms with Crippen molar-refractivity contribution in [3.05, 3.63) is 29.8 Å². The Bertz CT molecular complexity index is 511. The summed E-state index contributed by atoms with van der Waals surface area (Å²) in [6.45, 7) is 5.80. The number of rotatable bonds is 5. The van der Waals surface area contributed by atoms with Crippen molar-refractivity contribution in [2.45, 2.75) is 64.8 Å². The molecular weight excluding hydrogens is 296 g/mol. The molecule has 1 aliphatic carbocycles. The summed E-state index contributed by atoms with van der Waals surface area (Å²) in [5, 5.41) is 3.07. The summed E-state index contributed by atoms with van der Waals surface area (Å²) in [6, 6.07) is 8.43. The van der Waals surface area contributed by atoms with Gasteiger partial charge < -0.3 is 5.32 Å². The SMILES string of the molecule is CC1CCN(Cc2ccc(NC(=O)CC3CCCCC3)cc2)CC1. The molecule has 0 atom stereocenters. The quantitative estimate of drug-likeness (QED) is 0.840. The minimum absolute atomic E-state index is 0.180. The molecule has 0 radical (unpaired) electrons. The van der Waals surface area contributed by atoms with Crippen LogP contribution in [0.15, 0.2) is 24.3 Å². The minimum atomic E-state index is 0.180. The maximum atomic E-state index is 12.2. The second-order valence-electron chi connectivity index (χ2n) is 7.91. The zero-order chi connectivity index (χ0) is 16.8. The third kappa shape index (κ3) is 5.34. The number of hydrogen-bond donors (Lipinski definition) is 1. The molecule has 3 rings (SSSR count). The summed E-state index contributed by atoms with van der Waals surface area (Å²) in [5.41, 5.74) is 2.28. The molecule has 1 aromatic rings. The van der Waals surface area contributed by atoms with Crippen LogP contribution < -0.4 is 5.32 Å². The van der Waals surface area contributed by atoms with Crippen molar-refractivity contribution in [2.24, 2.45) is 11.8 Å². The summed E-state index contributed by atoms with van der Waals surface area (Å²) in [6.07, 6.45) is 9.69. The fourth-order valence-corrected chi connectivity index (χ4v) is 4.04. The molecule has 132 valence electrons. The van der Waals surface area contributed by atoms with Crippen LogP contribution in [-0.4, -0.2) is 23.9 Å². The van der Waals surface area contributed by atoms with E-state index in [1.165, 1.54) is 63.6 Å². The van der Waals surface area contributed by atoms with Gasteiger partial charge in [-0.25, -0.2) is 0 Å². The molecule has 0 aromatic heterocycles. The molecule has 1 saturated heterocycles. The Hall–Kier alpha value is -1.35. The molecule has 1 N–H and O–H groups in total. The van der Waals surface area contributed by atoms with Crippen LogP contribution in [-0.2, 0) is 11.3 Å². The van der Waals surface area contributed by atoms with Crippen LogP contribution in [0.2, 0.25) is 0 Å². The zero-order valence-electron chi connectivity index (χ0n) is 15.1. The van der Waals surface area contributed by atoms with E-state index in [-0.39, 0.29) is 5.91 Å². The van der Waals surface area contributed by atoms with E-state index in [1.54, 1.807) is 0 Å². The van der Waals surface area contributed by atoms with Crippen molar-refractivity contribution in [1.29, 1.82) is 0 Å². The fourth-order valence-electron chi connectivity index (χ4n) is 4.04. The van der Waals surface area contributed by atoms with Crippen molar-refractivity contribution < 1.29 is 4.79 Å². The predicted molar refractivity (Wildman–Crippen MR) is 99.9 cm³/mol. The number of carbonyl (C=O) groups is 1. The number of benzene rings is 1. The van der Waals surface area contributed by atoms with Gasteiger partial charge in [-0.2, -0.15) is 0 Å². The number of carbonyl (C=O) groups excluding carboxylic acids is 1. The number of amides is 1. The maximum Gasteiger partial charge on any atom is 0.224 e. The van der Waals surface area contributed by atoms with E-state index in [0.29, 0.717) is 12.3 Å². The van der Waals surface area contributed by atoms with Crippen molar-refractivity contribution in [2.75, 3.05) is 18.4 Å². The Labute approximate surface area is 146 Å². The Balaban J connectivity index is 1.44. The first-order valence-electron chi connectivity index (χ1n) is 9.80. The third-order valence-electron chi connectivity index (χ3n) is 5.72. The third-order valence-corrected chi connectivity index (χ3v) is 5.72. The van der Waals surface area contributed by atoms with E-state index in [9.17, 15) is 4.79 Å². The van der Waals surface area contributed by atoms with Crippen LogP contribution in [0.1, 0.15) is 63.9 Å². The first-order valence-corrected chi connectivity index (χ1v) is 9.80. The second kappa shape index (κ2) is 8.66. The molecular formula is C21H32N2O. The first-order chi connectivity index (χ1) is 11.7. The van der Waals surface area contributed by atoms with E-state index >= 15 is 0 Å². The molecule has 1 amide bonds.